The number of carbonyl (C=O) groups is 1. The van der Waals surface area contributed by atoms with Crippen molar-refractivity contribution in [1.29, 1.82) is 0 Å². The minimum absolute atomic E-state index is 0.260. The lowest BCUT2D eigenvalue weighted by molar-refractivity contribution is 0.0998. The van der Waals surface area contributed by atoms with Gasteiger partial charge in [0.25, 0.3) is 5.91 Å². The quantitative estimate of drug-likeness (QED) is 0.727. The summed E-state index contributed by atoms with van der Waals surface area (Å²) in [4.78, 5) is 12.3. The molecule has 0 aliphatic carbocycles. The fourth-order valence-electron chi connectivity index (χ4n) is 2.27. The Hall–Kier alpha value is -2.26. The number of aryl methyl sites for hydroxylation is 2. The average Bonchev–Trinajstić information content (AvgIpc) is 2.79. The van der Waals surface area contributed by atoms with Crippen molar-refractivity contribution in [2.24, 2.45) is 0 Å². The van der Waals surface area contributed by atoms with Crippen molar-refractivity contribution in [2.45, 2.75) is 13.8 Å². The summed E-state index contributed by atoms with van der Waals surface area (Å²) in [7, 11) is 0. The van der Waals surface area contributed by atoms with Crippen LogP contribution < -0.4 is 5.32 Å². The molecule has 1 heterocycles. The van der Waals surface area contributed by atoms with Crippen LogP contribution in [-0.4, -0.2) is 5.91 Å². The molecule has 0 aliphatic rings. The Kier molecular flexibility index (Phi) is 3.43. The smallest absolute Gasteiger partial charge is 0.291 e. The zero-order valence-electron chi connectivity index (χ0n) is 11.7. The Morgan fingerprint density at radius 1 is 1.10 bits per heavy atom. The number of furan rings is 1. The van der Waals surface area contributed by atoms with Crippen molar-refractivity contribution in [3.8, 4) is 0 Å². The summed E-state index contributed by atoms with van der Waals surface area (Å²) < 4.78 is 5.67. The van der Waals surface area contributed by atoms with Crippen LogP contribution >= 0.6 is 11.6 Å². The number of benzene rings is 2. The standard InChI is InChI=1S/C17H14ClNO2/c1-10-3-8-15-14(9-10)11(2)16(21-15)17(20)19-13-6-4-12(18)5-7-13/h3-9H,1-2H3,(H,19,20). The molecule has 0 unspecified atom stereocenters. The molecule has 2 aromatic carbocycles. The Morgan fingerprint density at radius 2 is 1.81 bits per heavy atom. The molecule has 1 amide bonds. The van der Waals surface area contributed by atoms with Gasteiger partial charge in [-0.05, 0) is 50.2 Å². The van der Waals surface area contributed by atoms with E-state index in [0.717, 1.165) is 22.1 Å². The first-order valence-corrected chi connectivity index (χ1v) is 6.99. The monoisotopic (exact) mass is 299 g/mol. The summed E-state index contributed by atoms with van der Waals surface area (Å²) in [6, 6.07) is 12.8. The summed E-state index contributed by atoms with van der Waals surface area (Å²) in [5.41, 5.74) is 3.39. The van der Waals surface area contributed by atoms with E-state index in [2.05, 4.69) is 5.32 Å². The minimum Gasteiger partial charge on any atom is -0.451 e. The first-order valence-electron chi connectivity index (χ1n) is 6.61. The Balaban J connectivity index is 1.94. The van der Waals surface area contributed by atoms with E-state index >= 15 is 0 Å². The number of nitrogens with one attached hydrogen (secondary N) is 1. The first kappa shape index (κ1) is 13.7. The Labute approximate surface area is 127 Å². The predicted octanol–water partition coefficient (Wildman–Crippen LogP) is 4.96. The molecule has 1 N–H and O–H groups in total. The van der Waals surface area contributed by atoms with Gasteiger partial charge in [0.2, 0.25) is 0 Å². The van der Waals surface area contributed by atoms with E-state index in [9.17, 15) is 4.79 Å². The number of carbonyl (C=O) groups excluding carboxylic acids is 1. The van der Waals surface area contributed by atoms with E-state index in [4.69, 9.17) is 16.0 Å². The maximum Gasteiger partial charge on any atom is 0.291 e. The molecular weight excluding hydrogens is 286 g/mol. The van der Waals surface area contributed by atoms with Gasteiger partial charge >= 0.3 is 0 Å². The maximum absolute atomic E-state index is 12.3. The highest BCUT2D eigenvalue weighted by Gasteiger charge is 2.17. The molecular formula is C17H14ClNO2. The van der Waals surface area contributed by atoms with Gasteiger partial charge in [-0.1, -0.05) is 23.2 Å². The van der Waals surface area contributed by atoms with E-state index in [1.54, 1.807) is 24.3 Å². The highest BCUT2D eigenvalue weighted by Crippen LogP contribution is 2.27. The zero-order valence-corrected chi connectivity index (χ0v) is 12.5. The fraction of sp³-hybridized carbons (Fsp3) is 0.118. The molecule has 0 fully saturated rings. The molecule has 0 aliphatic heterocycles. The molecule has 1 aromatic heterocycles. The van der Waals surface area contributed by atoms with Crippen LogP contribution in [0.15, 0.2) is 46.9 Å². The van der Waals surface area contributed by atoms with Crippen LogP contribution in [0.5, 0.6) is 0 Å². The van der Waals surface area contributed by atoms with Gasteiger partial charge in [-0.3, -0.25) is 4.79 Å². The number of halogens is 1. The van der Waals surface area contributed by atoms with Gasteiger partial charge in [-0.2, -0.15) is 0 Å². The normalized spacial score (nSPS) is 10.8. The topological polar surface area (TPSA) is 42.2 Å². The molecule has 0 saturated carbocycles. The van der Waals surface area contributed by atoms with Gasteiger partial charge in [0, 0.05) is 21.7 Å². The van der Waals surface area contributed by atoms with E-state index < -0.39 is 0 Å². The van der Waals surface area contributed by atoms with Crippen molar-refractivity contribution in [3.63, 3.8) is 0 Å². The van der Waals surface area contributed by atoms with Crippen molar-refractivity contribution in [2.75, 3.05) is 5.32 Å². The van der Waals surface area contributed by atoms with Gasteiger partial charge in [-0.25, -0.2) is 0 Å². The van der Waals surface area contributed by atoms with Crippen molar-refractivity contribution < 1.29 is 9.21 Å². The Morgan fingerprint density at radius 3 is 2.52 bits per heavy atom. The number of rotatable bonds is 2. The second-order valence-corrected chi connectivity index (χ2v) is 5.45. The summed E-state index contributed by atoms with van der Waals surface area (Å²) >= 11 is 5.83. The summed E-state index contributed by atoms with van der Waals surface area (Å²) in [6.07, 6.45) is 0. The largest absolute Gasteiger partial charge is 0.451 e. The average molecular weight is 300 g/mol. The summed E-state index contributed by atoms with van der Waals surface area (Å²) in [5, 5.41) is 4.41. The number of hydrogen-bond donors (Lipinski definition) is 1. The van der Waals surface area contributed by atoms with Crippen molar-refractivity contribution in [3.05, 3.63) is 64.4 Å². The number of amides is 1. The SMILES string of the molecule is Cc1ccc2oc(C(=O)Nc3ccc(Cl)cc3)c(C)c2c1. The molecule has 106 valence electrons. The molecule has 4 heteroatoms. The molecule has 3 nitrogen and oxygen atoms in total. The molecule has 0 saturated heterocycles. The van der Waals surface area contributed by atoms with Crippen LogP contribution in [0.2, 0.25) is 5.02 Å². The van der Waals surface area contributed by atoms with Gasteiger partial charge in [0.1, 0.15) is 5.58 Å². The number of anilines is 1. The van der Waals surface area contributed by atoms with E-state index in [1.807, 2.05) is 32.0 Å². The first-order chi connectivity index (χ1) is 10.0. The molecule has 3 rings (SSSR count). The van der Waals surface area contributed by atoms with Gasteiger partial charge < -0.3 is 9.73 Å². The fourth-order valence-corrected chi connectivity index (χ4v) is 2.40. The van der Waals surface area contributed by atoms with Crippen LogP contribution in [0, 0.1) is 13.8 Å². The third-order valence-corrected chi connectivity index (χ3v) is 3.65. The lowest BCUT2D eigenvalue weighted by Gasteiger charge is -2.03. The van der Waals surface area contributed by atoms with Crippen molar-refractivity contribution in [1.82, 2.24) is 0 Å². The van der Waals surface area contributed by atoms with Gasteiger partial charge in [0.05, 0.1) is 0 Å². The zero-order chi connectivity index (χ0) is 15.0. The molecule has 0 spiro atoms. The molecule has 21 heavy (non-hydrogen) atoms. The summed E-state index contributed by atoms with van der Waals surface area (Å²) in [5.74, 6) is 0.0780. The van der Waals surface area contributed by atoms with Gasteiger partial charge in [-0.15, -0.1) is 0 Å². The van der Waals surface area contributed by atoms with E-state index in [1.165, 1.54) is 0 Å². The predicted molar refractivity (Wildman–Crippen MR) is 85.1 cm³/mol. The van der Waals surface area contributed by atoms with Crippen LogP contribution in [0.1, 0.15) is 21.7 Å². The van der Waals surface area contributed by atoms with Crippen molar-refractivity contribution >= 4 is 34.2 Å². The van der Waals surface area contributed by atoms with E-state index in [0.29, 0.717) is 16.5 Å². The lowest BCUT2D eigenvalue weighted by atomic mass is 10.1. The third-order valence-electron chi connectivity index (χ3n) is 3.40. The number of hydrogen-bond acceptors (Lipinski definition) is 2. The van der Waals surface area contributed by atoms with Crippen LogP contribution in [0.3, 0.4) is 0 Å². The van der Waals surface area contributed by atoms with E-state index in [-0.39, 0.29) is 5.91 Å². The second-order valence-electron chi connectivity index (χ2n) is 5.02. The van der Waals surface area contributed by atoms with Gasteiger partial charge in [0.15, 0.2) is 5.76 Å². The highest BCUT2D eigenvalue weighted by atomic mass is 35.5. The maximum atomic E-state index is 12.3. The highest BCUT2D eigenvalue weighted by molar-refractivity contribution is 6.30. The van der Waals surface area contributed by atoms with Crippen LogP contribution in [0.25, 0.3) is 11.0 Å². The minimum atomic E-state index is -0.260. The molecule has 0 atom stereocenters. The third kappa shape index (κ3) is 2.65. The molecule has 0 radical (unpaired) electrons. The second kappa shape index (κ2) is 5.26. The van der Waals surface area contributed by atoms with Crippen LogP contribution in [0.4, 0.5) is 5.69 Å². The lowest BCUT2D eigenvalue weighted by Crippen LogP contribution is -2.11. The van der Waals surface area contributed by atoms with Crippen LogP contribution in [-0.2, 0) is 0 Å². The number of fused-ring (bicyclic) bond motifs is 1. The Bertz CT molecular complexity index is 819. The molecule has 0 bridgehead atoms. The summed E-state index contributed by atoms with van der Waals surface area (Å²) in [6.45, 7) is 3.90. The molecule has 3 aromatic rings.